The van der Waals surface area contributed by atoms with E-state index in [1.54, 1.807) is 18.2 Å². The molecule has 0 atom stereocenters. The Morgan fingerprint density at radius 2 is 2.00 bits per heavy atom. The highest BCUT2D eigenvalue weighted by molar-refractivity contribution is 7.92. The fourth-order valence-electron chi connectivity index (χ4n) is 2.14. The van der Waals surface area contributed by atoms with Crippen LogP contribution >= 0.6 is 11.3 Å². The van der Waals surface area contributed by atoms with Crippen molar-refractivity contribution < 1.29 is 8.42 Å². The van der Waals surface area contributed by atoms with E-state index < -0.39 is 9.84 Å². The summed E-state index contributed by atoms with van der Waals surface area (Å²) >= 11 is 1.16. The molecule has 6 heteroatoms. The van der Waals surface area contributed by atoms with E-state index in [0.717, 1.165) is 27.2 Å². The number of anilines is 1. The Morgan fingerprint density at radius 3 is 2.76 bits per heavy atom. The van der Waals surface area contributed by atoms with Crippen LogP contribution in [0.2, 0.25) is 0 Å². The van der Waals surface area contributed by atoms with E-state index in [-0.39, 0.29) is 10.1 Å². The Labute approximate surface area is 127 Å². The molecule has 3 rings (SSSR count). The molecule has 3 aromatic rings. The summed E-state index contributed by atoms with van der Waals surface area (Å²) < 4.78 is 25.9. The van der Waals surface area contributed by atoms with Gasteiger partial charge < -0.3 is 5.73 Å². The summed E-state index contributed by atoms with van der Waals surface area (Å²) in [6, 6.07) is 12.7. The van der Waals surface area contributed by atoms with Crippen molar-refractivity contribution >= 4 is 37.1 Å². The first-order chi connectivity index (χ1) is 9.94. The highest BCUT2D eigenvalue weighted by Crippen LogP contribution is 2.29. The Hall–Kier alpha value is -1.92. The Balaban J connectivity index is 2.00. The minimum absolute atomic E-state index is 0.0377. The third-order valence-electron chi connectivity index (χ3n) is 3.10. The molecule has 0 saturated carbocycles. The van der Waals surface area contributed by atoms with Crippen LogP contribution in [-0.4, -0.2) is 13.4 Å². The lowest BCUT2D eigenvalue weighted by Gasteiger charge is -2.02. The highest BCUT2D eigenvalue weighted by atomic mass is 32.2. The Morgan fingerprint density at radius 1 is 1.19 bits per heavy atom. The van der Waals surface area contributed by atoms with Crippen LogP contribution in [0.25, 0.3) is 10.2 Å². The van der Waals surface area contributed by atoms with Crippen LogP contribution < -0.4 is 5.73 Å². The van der Waals surface area contributed by atoms with E-state index in [1.165, 1.54) is 0 Å². The van der Waals surface area contributed by atoms with Gasteiger partial charge in [0.2, 0.25) is 14.2 Å². The smallest absolute Gasteiger partial charge is 0.210 e. The molecule has 0 saturated heterocycles. The van der Waals surface area contributed by atoms with Gasteiger partial charge in [-0.15, -0.1) is 11.3 Å². The fourth-order valence-corrected chi connectivity index (χ4v) is 4.81. The monoisotopic (exact) mass is 318 g/mol. The van der Waals surface area contributed by atoms with Crippen LogP contribution in [0, 0.1) is 6.92 Å². The number of hydrogen-bond donors (Lipinski definition) is 1. The quantitative estimate of drug-likeness (QED) is 0.753. The zero-order valence-electron chi connectivity index (χ0n) is 11.4. The number of hydrogen-bond acceptors (Lipinski definition) is 5. The molecule has 2 N–H and O–H groups in total. The van der Waals surface area contributed by atoms with Gasteiger partial charge in [0.15, 0.2) is 0 Å². The second kappa shape index (κ2) is 5.13. The maximum absolute atomic E-state index is 12.5. The summed E-state index contributed by atoms with van der Waals surface area (Å²) in [4.78, 5) is 4.22. The summed E-state index contributed by atoms with van der Waals surface area (Å²) in [7, 11) is -3.44. The summed E-state index contributed by atoms with van der Waals surface area (Å²) in [5.74, 6) is -0.0377. The molecule has 108 valence electrons. The summed E-state index contributed by atoms with van der Waals surface area (Å²) in [5.41, 5.74) is 8.79. The van der Waals surface area contributed by atoms with Crippen molar-refractivity contribution in [3.8, 4) is 0 Å². The molecule has 0 radical (unpaired) electrons. The molecule has 0 unspecified atom stereocenters. The van der Waals surface area contributed by atoms with Crippen molar-refractivity contribution in [1.29, 1.82) is 0 Å². The summed E-state index contributed by atoms with van der Waals surface area (Å²) in [6.07, 6.45) is 0. The number of nitrogens with zero attached hydrogens (tertiary/aromatic N) is 1. The van der Waals surface area contributed by atoms with E-state index in [9.17, 15) is 8.42 Å². The predicted molar refractivity (Wildman–Crippen MR) is 86.1 cm³/mol. The minimum Gasteiger partial charge on any atom is -0.399 e. The molecule has 1 aromatic heterocycles. The Bertz CT molecular complexity index is 914. The first-order valence-electron chi connectivity index (χ1n) is 6.38. The van der Waals surface area contributed by atoms with Crippen LogP contribution in [-0.2, 0) is 15.6 Å². The van der Waals surface area contributed by atoms with Gasteiger partial charge in [0.05, 0.1) is 16.0 Å². The normalized spacial score (nSPS) is 11.9. The molecule has 0 spiro atoms. The van der Waals surface area contributed by atoms with Crippen molar-refractivity contribution in [2.75, 3.05) is 5.73 Å². The average Bonchev–Trinajstić information content (AvgIpc) is 2.82. The molecule has 0 aliphatic rings. The lowest BCUT2D eigenvalue weighted by molar-refractivity contribution is 0.594. The molecule has 0 amide bonds. The number of rotatable bonds is 3. The largest absolute Gasteiger partial charge is 0.399 e. The first kappa shape index (κ1) is 14.0. The van der Waals surface area contributed by atoms with Crippen molar-refractivity contribution in [3.63, 3.8) is 0 Å². The van der Waals surface area contributed by atoms with E-state index in [4.69, 9.17) is 5.73 Å². The number of aromatic nitrogens is 1. The zero-order chi connectivity index (χ0) is 15.0. The number of fused-ring (bicyclic) bond motifs is 1. The second-order valence-electron chi connectivity index (χ2n) is 4.96. The van der Waals surface area contributed by atoms with E-state index in [1.807, 2.05) is 31.2 Å². The van der Waals surface area contributed by atoms with Crippen LogP contribution in [0.4, 0.5) is 5.69 Å². The topological polar surface area (TPSA) is 73.0 Å². The van der Waals surface area contributed by atoms with Gasteiger partial charge in [-0.25, -0.2) is 13.4 Å². The summed E-state index contributed by atoms with van der Waals surface area (Å²) in [6.45, 7) is 1.94. The van der Waals surface area contributed by atoms with E-state index in [2.05, 4.69) is 4.98 Å². The second-order valence-corrected chi connectivity index (χ2v) is 8.15. The molecule has 0 fully saturated rings. The predicted octanol–water partition coefficient (Wildman–Crippen LogP) is 3.16. The molecule has 1 heterocycles. The van der Waals surface area contributed by atoms with Crippen molar-refractivity contribution in [3.05, 3.63) is 53.6 Å². The van der Waals surface area contributed by atoms with Crippen molar-refractivity contribution in [1.82, 2.24) is 4.98 Å². The number of sulfone groups is 1. The summed E-state index contributed by atoms with van der Waals surface area (Å²) in [5, 5.41) is 0. The van der Waals surface area contributed by atoms with Gasteiger partial charge in [0, 0.05) is 5.69 Å². The maximum atomic E-state index is 12.5. The molecule has 0 aliphatic carbocycles. The lowest BCUT2D eigenvalue weighted by Crippen LogP contribution is -2.04. The molecule has 21 heavy (non-hydrogen) atoms. The fraction of sp³-hybridized carbons (Fsp3) is 0.133. The van der Waals surface area contributed by atoms with Crippen molar-refractivity contribution in [2.24, 2.45) is 0 Å². The van der Waals surface area contributed by atoms with E-state index >= 15 is 0 Å². The van der Waals surface area contributed by atoms with Crippen LogP contribution in [0.1, 0.15) is 11.1 Å². The van der Waals surface area contributed by atoms with Gasteiger partial charge in [0.1, 0.15) is 0 Å². The lowest BCUT2D eigenvalue weighted by atomic mass is 10.2. The number of aryl methyl sites for hydroxylation is 1. The standard InChI is InChI=1S/C15H14N2O2S2/c1-10-3-2-4-11(7-10)9-21(18,19)15-17-13-6-5-12(16)8-14(13)20-15/h2-8H,9,16H2,1H3. The molecule has 4 nitrogen and oxygen atoms in total. The van der Waals surface area contributed by atoms with Crippen LogP contribution in [0.3, 0.4) is 0 Å². The number of thiazole rings is 1. The van der Waals surface area contributed by atoms with Gasteiger partial charge in [-0.05, 0) is 30.7 Å². The third-order valence-corrected chi connectivity index (χ3v) is 6.26. The van der Waals surface area contributed by atoms with Gasteiger partial charge in [-0.2, -0.15) is 0 Å². The molecule has 0 bridgehead atoms. The van der Waals surface area contributed by atoms with Crippen LogP contribution in [0.5, 0.6) is 0 Å². The number of nitrogen functional groups attached to an aromatic ring is 1. The van der Waals surface area contributed by atoms with Gasteiger partial charge in [-0.1, -0.05) is 29.8 Å². The highest BCUT2D eigenvalue weighted by Gasteiger charge is 2.20. The average molecular weight is 318 g/mol. The van der Waals surface area contributed by atoms with Gasteiger partial charge >= 0.3 is 0 Å². The van der Waals surface area contributed by atoms with Crippen LogP contribution in [0.15, 0.2) is 46.8 Å². The Kier molecular flexibility index (Phi) is 3.43. The minimum atomic E-state index is -3.44. The van der Waals surface area contributed by atoms with Gasteiger partial charge in [0.25, 0.3) is 0 Å². The number of benzene rings is 2. The van der Waals surface area contributed by atoms with Gasteiger partial charge in [-0.3, -0.25) is 0 Å². The molecule has 2 aromatic carbocycles. The SMILES string of the molecule is Cc1cccc(CS(=O)(=O)c2nc3ccc(N)cc3s2)c1. The first-order valence-corrected chi connectivity index (χ1v) is 8.85. The van der Waals surface area contributed by atoms with Crippen molar-refractivity contribution in [2.45, 2.75) is 17.0 Å². The molecule has 0 aliphatic heterocycles. The molecular weight excluding hydrogens is 304 g/mol. The zero-order valence-corrected chi connectivity index (χ0v) is 13.0. The third kappa shape index (κ3) is 2.91. The molecular formula is C15H14N2O2S2. The van der Waals surface area contributed by atoms with E-state index in [0.29, 0.717) is 11.2 Å². The maximum Gasteiger partial charge on any atom is 0.210 e. The number of nitrogens with two attached hydrogens (primary N) is 1.